The van der Waals surface area contributed by atoms with Crippen LogP contribution < -0.4 is 0 Å². The summed E-state index contributed by atoms with van der Waals surface area (Å²) in [6.45, 7) is 6.36. The van der Waals surface area contributed by atoms with E-state index >= 15 is 0 Å². The Morgan fingerprint density at radius 3 is 2.42 bits per heavy atom. The summed E-state index contributed by atoms with van der Waals surface area (Å²) in [6, 6.07) is 0. The number of aliphatic hydroxyl groups is 1. The fourth-order valence-corrected chi connectivity index (χ4v) is 2.31. The second-order valence-electron chi connectivity index (χ2n) is 5.04. The molecule has 0 radical (unpaired) electrons. The van der Waals surface area contributed by atoms with Gasteiger partial charge >= 0.3 is 0 Å². The minimum Gasteiger partial charge on any atom is -0.394 e. The van der Waals surface area contributed by atoms with Crippen molar-refractivity contribution in [2.24, 2.45) is 0 Å². The fraction of sp³-hybridized carbons (Fsp3) is 0.929. The van der Waals surface area contributed by atoms with Crippen molar-refractivity contribution in [1.29, 1.82) is 0 Å². The number of nitrogens with zero attached hydrogens (tertiary/aromatic N) is 1. The first-order valence-electron chi connectivity index (χ1n) is 7.33. The molecule has 0 aromatic rings. The summed E-state index contributed by atoms with van der Waals surface area (Å²) in [4.78, 5) is 13.8. The SMILES string of the molecule is CCCN(CCC)C(=O)COCC1CCC(CO)O1. The standard InChI is InChI=1S/C14H27NO4/c1-3-7-15(8-4-2)14(17)11-18-10-13-6-5-12(9-16)19-13/h12-13,16H,3-11H2,1-2H3. The Morgan fingerprint density at radius 1 is 1.26 bits per heavy atom. The molecule has 1 amide bonds. The maximum Gasteiger partial charge on any atom is 0.248 e. The number of carbonyl (C=O) groups excluding carboxylic acids is 1. The Bertz CT molecular complexity index is 254. The predicted octanol–water partition coefficient (Wildman–Crippen LogP) is 1.19. The van der Waals surface area contributed by atoms with Gasteiger partial charge in [-0.15, -0.1) is 0 Å². The fourth-order valence-electron chi connectivity index (χ4n) is 2.31. The molecule has 1 rings (SSSR count). The van der Waals surface area contributed by atoms with E-state index in [0.717, 1.165) is 38.8 Å². The molecule has 5 heteroatoms. The zero-order valence-electron chi connectivity index (χ0n) is 12.1. The van der Waals surface area contributed by atoms with Gasteiger partial charge in [0.25, 0.3) is 0 Å². The molecule has 2 atom stereocenters. The third-order valence-corrected chi connectivity index (χ3v) is 3.27. The van der Waals surface area contributed by atoms with E-state index in [1.54, 1.807) is 0 Å². The average molecular weight is 273 g/mol. The number of rotatable bonds is 9. The molecule has 0 aliphatic carbocycles. The molecule has 0 spiro atoms. The Morgan fingerprint density at radius 2 is 1.89 bits per heavy atom. The van der Waals surface area contributed by atoms with Crippen LogP contribution in [0.2, 0.25) is 0 Å². The summed E-state index contributed by atoms with van der Waals surface area (Å²) in [5, 5.41) is 8.96. The van der Waals surface area contributed by atoms with Crippen LogP contribution in [-0.4, -0.2) is 61.0 Å². The summed E-state index contributed by atoms with van der Waals surface area (Å²) in [6.07, 6.45) is 3.67. The van der Waals surface area contributed by atoms with Crippen molar-refractivity contribution in [2.45, 2.75) is 51.7 Å². The lowest BCUT2D eigenvalue weighted by Crippen LogP contribution is -2.36. The third-order valence-electron chi connectivity index (χ3n) is 3.27. The minimum absolute atomic E-state index is 0.0238. The van der Waals surface area contributed by atoms with Gasteiger partial charge in [-0.25, -0.2) is 0 Å². The normalized spacial score (nSPS) is 22.7. The average Bonchev–Trinajstić information content (AvgIpc) is 2.86. The highest BCUT2D eigenvalue weighted by Crippen LogP contribution is 2.19. The predicted molar refractivity (Wildman–Crippen MR) is 73.0 cm³/mol. The summed E-state index contributed by atoms with van der Waals surface area (Å²) >= 11 is 0. The molecule has 5 nitrogen and oxygen atoms in total. The second-order valence-corrected chi connectivity index (χ2v) is 5.04. The van der Waals surface area contributed by atoms with Crippen LogP contribution in [0.1, 0.15) is 39.5 Å². The molecule has 0 saturated carbocycles. The highest BCUT2D eigenvalue weighted by Gasteiger charge is 2.25. The number of amides is 1. The minimum atomic E-state index is -0.0546. The zero-order valence-corrected chi connectivity index (χ0v) is 12.1. The number of hydrogen-bond donors (Lipinski definition) is 1. The Balaban J connectivity index is 2.18. The monoisotopic (exact) mass is 273 g/mol. The maximum atomic E-state index is 11.9. The van der Waals surface area contributed by atoms with Crippen molar-refractivity contribution in [2.75, 3.05) is 32.9 Å². The van der Waals surface area contributed by atoms with E-state index in [1.807, 2.05) is 4.90 Å². The lowest BCUT2D eigenvalue weighted by Gasteiger charge is -2.21. The molecule has 1 aliphatic heterocycles. The van der Waals surface area contributed by atoms with Crippen LogP contribution in [0, 0.1) is 0 Å². The quantitative estimate of drug-likeness (QED) is 0.685. The molecular formula is C14H27NO4. The van der Waals surface area contributed by atoms with Crippen LogP contribution in [0.3, 0.4) is 0 Å². The molecule has 1 heterocycles. The molecule has 1 N–H and O–H groups in total. The van der Waals surface area contributed by atoms with Crippen LogP contribution in [0.4, 0.5) is 0 Å². The van der Waals surface area contributed by atoms with E-state index < -0.39 is 0 Å². The highest BCUT2D eigenvalue weighted by molar-refractivity contribution is 5.77. The molecule has 1 aliphatic rings. The van der Waals surface area contributed by atoms with Crippen molar-refractivity contribution in [1.82, 2.24) is 4.90 Å². The molecule has 1 fully saturated rings. The number of hydrogen-bond acceptors (Lipinski definition) is 4. The molecule has 0 bridgehead atoms. The zero-order chi connectivity index (χ0) is 14.1. The van der Waals surface area contributed by atoms with Crippen molar-refractivity contribution in [3.63, 3.8) is 0 Å². The number of carbonyl (C=O) groups is 1. The summed E-state index contributed by atoms with van der Waals surface area (Å²) in [5.74, 6) is 0.0559. The summed E-state index contributed by atoms with van der Waals surface area (Å²) in [7, 11) is 0. The first-order valence-corrected chi connectivity index (χ1v) is 7.33. The van der Waals surface area contributed by atoms with Crippen molar-refractivity contribution in [3.05, 3.63) is 0 Å². The molecule has 2 unspecified atom stereocenters. The Labute approximate surface area is 115 Å². The van der Waals surface area contributed by atoms with Gasteiger partial charge in [-0.1, -0.05) is 13.8 Å². The Kier molecular flexibility index (Phi) is 8.02. The number of ether oxygens (including phenoxy) is 2. The van der Waals surface area contributed by atoms with Crippen LogP contribution in [0.15, 0.2) is 0 Å². The van der Waals surface area contributed by atoms with Gasteiger partial charge in [0.1, 0.15) is 6.61 Å². The van der Waals surface area contributed by atoms with Crippen LogP contribution >= 0.6 is 0 Å². The molecular weight excluding hydrogens is 246 g/mol. The van der Waals surface area contributed by atoms with Gasteiger partial charge in [0, 0.05) is 13.1 Å². The lowest BCUT2D eigenvalue weighted by molar-refractivity contribution is -0.137. The first-order chi connectivity index (χ1) is 9.21. The van der Waals surface area contributed by atoms with E-state index in [4.69, 9.17) is 14.6 Å². The van der Waals surface area contributed by atoms with E-state index in [-0.39, 0.29) is 31.3 Å². The van der Waals surface area contributed by atoms with Gasteiger partial charge in [-0.05, 0) is 25.7 Å². The van der Waals surface area contributed by atoms with Crippen LogP contribution in [0.25, 0.3) is 0 Å². The largest absolute Gasteiger partial charge is 0.394 e. The maximum absolute atomic E-state index is 11.9. The highest BCUT2D eigenvalue weighted by atomic mass is 16.5. The molecule has 1 saturated heterocycles. The second kappa shape index (κ2) is 9.28. The van der Waals surface area contributed by atoms with Gasteiger partial charge in [-0.2, -0.15) is 0 Å². The van der Waals surface area contributed by atoms with Gasteiger partial charge in [-0.3, -0.25) is 4.79 Å². The molecule has 0 aromatic heterocycles. The van der Waals surface area contributed by atoms with Gasteiger partial charge in [0.05, 0.1) is 25.4 Å². The van der Waals surface area contributed by atoms with E-state index in [9.17, 15) is 4.79 Å². The van der Waals surface area contributed by atoms with Gasteiger partial charge in [0.2, 0.25) is 5.91 Å². The van der Waals surface area contributed by atoms with E-state index in [0.29, 0.717) is 6.61 Å². The smallest absolute Gasteiger partial charge is 0.248 e. The van der Waals surface area contributed by atoms with Gasteiger partial charge < -0.3 is 19.5 Å². The topological polar surface area (TPSA) is 59.0 Å². The molecule has 0 aromatic carbocycles. The van der Waals surface area contributed by atoms with Crippen LogP contribution in [-0.2, 0) is 14.3 Å². The van der Waals surface area contributed by atoms with Gasteiger partial charge in [0.15, 0.2) is 0 Å². The number of aliphatic hydroxyl groups excluding tert-OH is 1. The third kappa shape index (κ3) is 5.89. The summed E-state index contributed by atoms with van der Waals surface area (Å²) in [5.41, 5.74) is 0. The first kappa shape index (κ1) is 16.4. The summed E-state index contributed by atoms with van der Waals surface area (Å²) < 4.78 is 11.0. The van der Waals surface area contributed by atoms with Crippen LogP contribution in [0.5, 0.6) is 0 Å². The van der Waals surface area contributed by atoms with E-state index in [2.05, 4.69) is 13.8 Å². The van der Waals surface area contributed by atoms with Crippen molar-refractivity contribution < 1.29 is 19.4 Å². The lowest BCUT2D eigenvalue weighted by atomic mass is 10.2. The molecule has 19 heavy (non-hydrogen) atoms. The molecule has 112 valence electrons. The Hall–Kier alpha value is -0.650. The van der Waals surface area contributed by atoms with Crippen molar-refractivity contribution in [3.8, 4) is 0 Å². The van der Waals surface area contributed by atoms with Crippen molar-refractivity contribution >= 4 is 5.91 Å². The van der Waals surface area contributed by atoms with E-state index in [1.165, 1.54) is 0 Å².